The third-order valence-electron chi connectivity index (χ3n) is 4.16. The van der Waals surface area contributed by atoms with Gasteiger partial charge >= 0.3 is 0 Å². The zero-order valence-electron chi connectivity index (χ0n) is 10.1. The van der Waals surface area contributed by atoms with Gasteiger partial charge in [-0.25, -0.2) is 0 Å². The second-order valence-electron chi connectivity index (χ2n) is 5.98. The molecular weight excluding hydrogens is 192 g/mol. The molecule has 0 bridgehead atoms. The summed E-state index contributed by atoms with van der Waals surface area (Å²) in [5, 5.41) is 0. The fourth-order valence-electron chi connectivity index (χ4n) is 2.68. The van der Waals surface area contributed by atoms with Crippen molar-refractivity contribution in [3.63, 3.8) is 0 Å². The largest absolute Gasteiger partial charge is 0.126 e. The predicted octanol–water partition coefficient (Wildman–Crippen LogP) is 4.71. The molecule has 1 saturated carbocycles. The quantitative estimate of drug-likeness (QED) is 0.600. The van der Waals surface area contributed by atoms with Crippen LogP contribution in [0.5, 0.6) is 0 Å². The van der Waals surface area contributed by atoms with Gasteiger partial charge in [0.2, 0.25) is 0 Å². The number of rotatable bonds is 3. The fraction of sp³-hybridized carbons (Fsp3) is 1.00. The maximum atomic E-state index is 6.03. The lowest BCUT2D eigenvalue weighted by Gasteiger charge is -2.39. The van der Waals surface area contributed by atoms with Crippen LogP contribution in [0.3, 0.4) is 0 Å². The fourth-order valence-corrected chi connectivity index (χ4v) is 2.89. The Hall–Kier alpha value is 0.290. The van der Waals surface area contributed by atoms with Crippen molar-refractivity contribution in [2.45, 2.75) is 53.4 Å². The molecule has 0 spiro atoms. The molecule has 0 nitrogen and oxygen atoms in total. The van der Waals surface area contributed by atoms with Gasteiger partial charge in [-0.1, -0.05) is 27.7 Å². The topological polar surface area (TPSA) is 0 Å². The summed E-state index contributed by atoms with van der Waals surface area (Å²) in [7, 11) is 0. The van der Waals surface area contributed by atoms with Crippen LogP contribution in [0.15, 0.2) is 0 Å². The van der Waals surface area contributed by atoms with Crippen LogP contribution in [0.1, 0.15) is 53.4 Å². The average molecular weight is 217 g/mol. The molecule has 0 heterocycles. The van der Waals surface area contributed by atoms with Crippen molar-refractivity contribution >= 4 is 11.6 Å². The zero-order valence-corrected chi connectivity index (χ0v) is 10.9. The molecule has 1 aliphatic carbocycles. The minimum absolute atomic E-state index is 0.351. The second-order valence-corrected chi connectivity index (χ2v) is 6.25. The van der Waals surface area contributed by atoms with Gasteiger partial charge in [-0.05, 0) is 48.9 Å². The van der Waals surface area contributed by atoms with E-state index in [1.807, 2.05) is 0 Å². The first-order chi connectivity index (χ1) is 6.47. The van der Waals surface area contributed by atoms with Crippen molar-refractivity contribution in [2.75, 3.05) is 5.88 Å². The summed E-state index contributed by atoms with van der Waals surface area (Å²) >= 11 is 6.03. The van der Waals surface area contributed by atoms with Crippen molar-refractivity contribution < 1.29 is 0 Å². The monoisotopic (exact) mass is 216 g/mol. The lowest BCUT2D eigenvalue weighted by Crippen LogP contribution is -2.30. The molecule has 1 heteroatoms. The van der Waals surface area contributed by atoms with Crippen LogP contribution >= 0.6 is 11.6 Å². The van der Waals surface area contributed by atoms with Gasteiger partial charge in [0.15, 0.2) is 0 Å². The van der Waals surface area contributed by atoms with E-state index in [0.717, 1.165) is 23.6 Å². The molecule has 0 atom stereocenters. The van der Waals surface area contributed by atoms with Crippen LogP contribution in [0.2, 0.25) is 0 Å². The normalized spacial score (nSPS) is 29.6. The Morgan fingerprint density at radius 1 is 1.14 bits per heavy atom. The number of hydrogen-bond donors (Lipinski definition) is 0. The van der Waals surface area contributed by atoms with Gasteiger partial charge in [0, 0.05) is 5.88 Å². The van der Waals surface area contributed by atoms with Gasteiger partial charge in [0.05, 0.1) is 0 Å². The molecule has 0 unspecified atom stereocenters. The van der Waals surface area contributed by atoms with E-state index in [1.54, 1.807) is 0 Å². The molecular formula is C13H25Cl. The predicted molar refractivity (Wildman–Crippen MR) is 64.8 cm³/mol. The SMILES string of the molecule is CC(C)C1CCC(C(C)(C)CCl)CC1. The number of halogens is 1. The summed E-state index contributed by atoms with van der Waals surface area (Å²) in [6, 6.07) is 0. The van der Waals surface area contributed by atoms with Gasteiger partial charge in [-0.3, -0.25) is 0 Å². The highest BCUT2D eigenvalue weighted by molar-refractivity contribution is 6.18. The minimum Gasteiger partial charge on any atom is -0.126 e. The van der Waals surface area contributed by atoms with E-state index in [4.69, 9.17) is 11.6 Å². The highest BCUT2D eigenvalue weighted by Gasteiger charge is 2.32. The van der Waals surface area contributed by atoms with E-state index in [0.29, 0.717) is 5.41 Å². The third-order valence-corrected chi connectivity index (χ3v) is 4.85. The summed E-state index contributed by atoms with van der Waals surface area (Å²) in [5.41, 5.74) is 0.351. The van der Waals surface area contributed by atoms with Crippen LogP contribution in [-0.4, -0.2) is 5.88 Å². The number of hydrogen-bond acceptors (Lipinski definition) is 0. The third kappa shape index (κ3) is 2.89. The van der Waals surface area contributed by atoms with Crippen molar-refractivity contribution in [1.29, 1.82) is 0 Å². The van der Waals surface area contributed by atoms with Crippen molar-refractivity contribution in [3.8, 4) is 0 Å². The molecule has 1 rings (SSSR count). The van der Waals surface area contributed by atoms with Crippen LogP contribution in [-0.2, 0) is 0 Å². The highest BCUT2D eigenvalue weighted by Crippen LogP contribution is 2.42. The average Bonchev–Trinajstić information content (AvgIpc) is 2.18. The van der Waals surface area contributed by atoms with Crippen LogP contribution in [0.25, 0.3) is 0 Å². The van der Waals surface area contributed by atoms with E-state index in [1.165, 1.54) is 25.7 Å². The Bertz CT molecular complexity index is 164. The Balaban J connectivity index is 2.43. The first-order valence-electron chi connectivity index (χ1n) is 6.03. The van der Waals surface area contributed by atoms with Crippen molar-refractivity contribution in [2.24, 2.45) is 23.2 Å². The summed E-state index contributed by atoms with van der Waals surface area (Å²) in [4.78, 5) is 0. The van der Waals surface area contributed by atoms with E-state index in [-0.39, 0.29) is 0 Å². The van der Waals surface area contributed by atoms with Gasteiger partial charge in [-0.15, -0.1) is 11.6 Å². The summed E-state index contributed by atoms with van der Waals surface area (Å²) < 4.78 is 0. The lowest BCUT2D eigenvalue weighted by molar-refractivity contribution is 0.134. The van der Waals surface area contributed by atoms with Gasteiger partial charge < -0.3 is 0 Å². The van der Waals surface area contributed by atoms with Gasteiger partial charge in [0.1, 0.15) is 0 Å². The first-order valence-corrected chi connectivity index (χ1v) is 6.57. The maximum Gasteiger partial charge on any atom is 0.0277 e. The maximum absolute atomic E-state index is 6.03. The Morgan fingerprint density at radius 2 is 1.64 bits per heavy atom. The summed E-state index contributed by atoms with van der Waals surface area (Å²) in [6.07, 6.45) is 5.62. The van der Waals surface area contributed by atoms with Crippen LogP contribution in [0.4, 0.5) is 0 Å². The molecule has 14 heavy (non-hydrogen) atoms. The van der Waals surface area contributed by atoms with Crippen molar-refractivity contribution in [1.82, 2.24) is 0 Å². The molecule has 0 saturated heterocycles. The van der Waals surface area contributed by atoms with Crippen molar-refractivity contribution in [3.05, 3.63) is 0 Å². The lowest BCUT2D eigenvalue weighted by atomic mass is 9.68. The molecule has 0 amide bonds. The summed E-state index contributed by atoms with van der Waals surface area (Å²) in [6.45, 7) is 9.36. The van der Waals surface area contributed by atoms with E-state index in [2.05, 4.69) is 27.7 Å². The van der Waals surface area contributed by atoms with E-state index >= 15 is 0 Å². The van der Waals surface area contributed by atoms with Gasteiger partial charge in [0.25, 0.3) is 0 Å². The molecule has 0 aromatic carbocycles. The first kappa shape index (κ1) is 12.4. The minimum atomic E-state index is 0.351. The molecule has 0 N–H and O–H groups in total. The van der Waals surface area contributed by atoms with Gasteiger partial charge in [-0.2, -0.15) is 0 Å². The molecule has 0 aromatic heterocycles. The Labute approximate surface area is 94.4 Å². The van der Waals surface area contributed by atoms with E-state index in [9.17, 15) is 0 Å². The summed E-state index contributed by atoms with van der Waals surface area (Å²) in [5.74, 6) is 3.51. The second kappa shape index (κ2) is 4.88. The van der Waals surface area contributed by atoms with Crippen LogP contribution < -0.4 is 0 Å². The van der Waals surface area contributed by atoms with E-state index < -0.39 is 0 Å². The van der Waals surface area contributed by atoms with Crippen LogP contribution in [0, 0.1) is 23.2 Å². The highest BCUT2D eigenvalue weighted by atomic mass is 35.5. The molecule has 0 aliphatic heterocycles. The Morgan fingerprint density at radius 3 is 2.00 bits per heavy atom. The molecule has 0 radical (unpaired) electrons. The standard InChI is InChI=1S/C13H25Cl/c1-10(2)11-5-7-12(8-6-11)13(3,4)9-14/h10-12H,5-9H2,1-4H3. The molecule has 1 aliphatic rings. The Kier molecular flexibility index (Phi) is 4.30. The molecule has 1 fully saturated rings. The zero-order chi connectivity index (χ0) is 10.8. The molecule has 84 valence electrons. The molecule has 0 aromatic rings. The smallest absolute Gasteiger partial charge is 0.0277 e. The number of alkyl halides is 1.